The molecule has 8 heteroatoms. The van der Waals surface area contributed by atoms with Gasteiger partial charge < -0.3 is 33.6 Å². The topological polar surface area (TPSA) is 86.3 Å². The number of hydrogen-bond acceptors (Lipinski definition) is 7. The maximum absolute atomic E-state index is 13.8. The van der Waals surface area contributed by atoms with Gasteiger partial charge in [0, 0.05) is 25.4 Å². The van der Waals surface area contributed by atoms with E-state index in [0.717, 1.165) is 60.2 Å². The van der Waals surface area contributed by atoms with E-state index in [1.54, 1.807) is 13.2 Å². The summed E-state index contributed by atoms with van der Waals surface area (Å²) in [6.45, 7) is 1.79. The lowest BCUT2D eigenvalue weighted by atomic mass is 9.86. The van der Waals surface area contributed by atoms with Gasteiger partial charge in [-0.1, -0.05) is 30.0 Å². The Kier molecular flexibility index (Phi) is 7.29. The number of fused-ring (bicyclic) bond motifs is 2. The van der Waals surface area contributed by atoms with Crippen LogP contribution in [-0.2, 0) is 25.7 Å². The molecule has 0 amide bonds. The Balaban J connectivity index is 1.43. The summed E-state index contributed by atoms with van der Waals surface area (Å²) in [4.78, 5) is 2.35. The zero-order valence-electron chi connectivity index (χ0n) is 26.5. The van der Waals surface area contributed by atoms with Gasteiger partial charge in [0.2, 0.25) is 0 Å². The number of nitrogens with zero attached hydrogens (tertiary/aromatic N) is 2. The second-order valence-corrected chi connectivity index (χ2v) is 13.1. The highest BCUT2D eigenvalue weighted by Gasteiger charge is 2.39. The van der Waals surface area contributed by atoms with E-state index < -0.39 is 0 Å². The van der Waals surface area contributed by atoms with E-state index in [9.17, 15) is 10.2 Å². The molecular formula is C37H39N2O6-. The second kappa shape index (κ2) is 11.2. The first-order chi connectivity index (χ1) is 21.6. The van der Waals surface area contributed by atoms with Crippen molar-refractivity contribution in [2.45, 2.75) is 37.8 Å². The molecule has 0 aliphatic carbocycles. The van der Waals surface area contributed by atoms with E-state index in [1.807, 2.05) is 36.4 Å². The summed E-state index contributed by atoms with van der Waals surface area (Å²) in [5, 5.41) is 27.0. The Morgan fingerprint density at radius 2 is 1.53 bits per heavy atom. The van der Waals surface area contributed by atoms with Crippen LogP contribution in [0, 0.1) is 0 Å². The van der Waals surface area contributed by atoms with Gasteiger partial charge in [-0.2, -0.15) is 0 Å². The van der Waals surface area contributed by atoms with E-state index in [1.165, 1.54) is 12.7 Å². The lowest BCUT2D eigenvalue weighted by molar-refractivity contribution is -0.923. The summed E-state index contributed by atoms with van der Waals surface area (Å²) >= 11 is 0. The SMILES string of the molecule is COc1cc2c3cc1Oc1cc(ccc1[O-])C[C@@H]1c4c(cc(OC)c([O-])c4Oc4ccc(cc4)C[C@@H]3N(C)CC2)CC[N+]1(C)C. The number of ether oxygens (including phenoxy) is 4. The first-order valence-electron chi connectivity index (χ1n) is 15.5. The molecule has 8 nitrogen and oxygen atoms in total. The van der Waals surface area contributed by atoms with E-state index in [4.69, 9.17) is 18.9 Å². The summed E-state index contributed by atoms with van der Waals surface area (Å²) in [5.41, 5.74) is 6.39. The quantitative estimate of drug-likeness (QED) is 0.281. The molecule has 2 atom stereocenters. The predicted molar refractivity (Wildman–Crippen MR) is 168 cm³/mol. The Labute approximate surface area is 264 Å². The van der Waals surface area contributed by atoms with E-state index in [-0.39, 0.29) is 35.1 Å². The average Bonchev–Trinajstić information content (AvgIpc) is 3.03. The maximum atomic E-state index is 13.8. The van der Waals surface area contributed by atoms with E-state index in [0.29, 0.717) is 33.9 Å². The van der Waals surface area contributed by atoms with Gasteiger partial charge in [0.15, 0.2) is 11.5 Å². The van der Waals surface area contributed by atoms with Gasteiger partial charge in [-0.15, -0.1) is 0 Å². The molecule has 0 spiro atoms. The first-order valence-corrected chi connectivity index (χ1v) is 15.5. The molecule has 0 radical (unpaired) electrons. The molecule has 4 aromatic rings. The standard InChI is InChI=1S/C37H40N2O6/c1-38-14-12-24-19-32(42-4)33-21-27(24)28(38)16-22-6-9-26(10-7-22)44-37-35-25(20-34(43-5)36(37)41)13-15-39(2,3)29(35)17-23-8-11-30(40)31(18-23)45-33/h6-11,18-21,28-29H,12-17H2,1-5H3,(H-,40,41)/p-1/t28-,29+/m0/s1. The van der Waals surface area contributed by atoms with Crippen molar-refractivity contribution < 1.29 is 33.6 Å². The molecule has 0 aromatic heterocycles. The first kappa shape index (κ1) is 29.3. The Bertz CT molecular complexity index is 1770. The van der Waals surface area contributed by atoms with Crippen LogP contribution in [0.25, 0.3) is 0 Å². The average molecular weight is 608 g/mol. The minimum atomic E-state index is -0.262. The molecule has 4 heterocycles. The Morgan fingerprint density at radius 3 is 2.29 bits per heavy atom. The molecular weight excluding hydrogens is 568 g/mol. The largest absolute Gasteiger partial charge is 0.870 e. The van der Waals surface area contributed by atoms with Crippen LogP contribution < -0.4 is 29.2 Å². The normalized spacial score (nSPS) is 20.2. The highest BCUT2D eigenvalue weighted by Crippen LogP contribution is 2.50. The van der Waals surface area contributed by atoms with Crippen LogP contribution in [0.4, 0.5) is 0 Å². The van der Waals surface area contributed by atoms with Crippen molar-refractivity contribution in [2.24, 2.45) is 0 Å². The molecule has 234 valence electrons. The van der Waals surface area contributed by atoms with Gasteiger partial charge in [0.25, 0.3) is 0 Å². The number of likely N-dealkylation sites (N-methyl/N-ethyl adjacent to an activating group) is 2. The van der Waals surface area contributed by atoms with Crippen molar-refractivity contribution in [3.05, 3.63) is 94.0 Å². The van der Waals surface area contributed by atoms with E-state index >= 15 is 0 Å². The fraction of sp³-hybridized carbons (Fsp3) is 0.351. The lowest BCUT2D eigenvalue weighted by Crippen LogP contribution is -2.48. The zero-order chi connectivity index (χ0) is 31.5. The van der Waals surface area contributed by atoms with Crippen molar-refractivity contribution in [3.8, 4) is 46.0 Å². The molecule has 4 aromatic carbocycles. The fourth-order valence-electron chi connectivity index (χ4n) is 7.25. The number of quaternary nitrogens is 1. The highest BCUT2D eigenvalue weighted by molar-refractivity contribution is 5.61. The minimum absolute atomic E-state index is 0.102. The highest BCUT2D eigenvalue weighted by atomic mass is 16.5. The lowest BCUT2D eigenvalue weighted by Gasteiger charge is -2.44. The molecule has 45 heavy (non-hydrogen) atoms. The molecule has 0 unspecified atom stereocenters. The third kappa shape index (κ3) is 5.22. The summed E-state index contributed by atoms with van der Waals surface area (Å²) in [6.07, 6.45) is 3.02. The monoisotopic (exact) mass is 607 g/mol. The van der Waals surface area contributed by atoms with E-state index in [2.05, 4.69) is 44.2 Å². The van der Waals surface area contributed by atoms with Crippen LogP contribution in [0.1, 0.15) is 45.5 Å². The van der Waals surface area contributed by atoms with Gasteiger partial charge in [0.1, 0.15) is 29.0 Å². The predicted octanol–water partition coefficient (Wildman–Crippen LogP) is 5.44. The van der Waals surface area contributed by atoms with Crippen molar-refractivity contribution >= 4 is 0 Å². The molecule has 4 aliphatic heterocycles. The summed E-state index contributed by atoms with van der Waals surface area (Å²) < 4.78 is 24.9. The van der Waals surface area contributed by atoms with Crippen molar-refractivity contribution in [1.29, 1.82) is 0 Å². The van der Waals surface area contributed by atoms with Crippen LogP contribution in [0.5, 0.6) is 46.0 Å². The summed E-state index contributed by atoms with van der Waals surface area (Å²) in [6, 6.07) is 19.3. The van der Waals surface area contributed by atoms with Crippen molar-refractivity contribution in [3.63, 3.8) is 0 Å². The maximum Gasteiger partial charge on any atom is 0.169 e. The molecule has 4 aliphatic rings. The number of hydrogen-bond donors (Lipinski definition) is 0. The van der Waals surface area contributed by atoms with Crippen LogP contribution in [0.3, 0.4) is 0 Å². The number of rotatable bonds is 2. The van der Waals surface area contributed by atoms with Gasteiger partial charge >= 0.3 is 0 Å². The molecule has 0 saturated carbocycles. The second-order valence-electron chi connectivity index (χ2n) is 13.1. The molecule has 8 rings (SSSR count). The summed E-state index contributed by atoms with van der Waals surface area (Å²) in [5.74, 6) is 2.13. The van der Waals surface area contributed by atoms with Gasteiger partial charge in [-0.05, 0) is 89.9 Å². The molecule has 0 fully saturated rings. The molecule has 0 saturated heterocycles. The van der Waals surface area contributed by atoms with Crippen LogP contribution in [-0.4, -0.2) is 57.8 Å². The Morgan fingerprint density at radius 1 is 0.800 bits per heavy atom. The molecule has 0 N–H and O–H groups in total. The van der Waals surface area contributed by atoms with Gasteiger partial charge in [-0.3, -0.25) is 4.90 Å². The molecule has 6 bridgehead atoms. The Hall–Kier alpha value is -4.40. The third-order valence-electron chi connectivity index (χ3n) is 9.96. The minimum Gasteiger partial charge on any atom is -0.870 e. The summed E-state index contributed by atoms with van der Waals surface area (Å²) in [7, 11) is 9.65. The third-order valence-corrected chi connectivity index (χ3v) is 9.96. The van der Waals surface area contributed by atoms with Crippen molar-refractivity contribution in [1.82, 2.24) is 4.90 Å². The fourth-order valence-corrected chi connectivity index (χ4v) is 7.25. The smallest absolute Gasteiger partial charge is 0.169 e. The van der Waals surface area contributed by atoms with Gasteiger partial charge in [-0.25, -0.2) is 0 Å². The van der Waals surface area contributed by atoms with Crippen LogP contribution in [0.2, 0.25) is 0 Å². The van der Waals surface area contributed by atoms with Crippen molar-refractivity contribution in [2.75, 3.05) is 48.5 Å². The number of benzene rings is 4. The number of methoxy groups -OCH3 is 2. The van der Waals surface area contributed by atoms with Crippen LogP contribution in [0.15, 0.2) is 60.7 Å². The zero-order valence-corrected chi connectivity index (χ0v) is 26.5. The van der Waals surface area contributed by atoms with Crippen LogP contribution >= 0.6 is 0 Å². The van der Waals surface area contributed by atoms with Gasteiger partial charge in [0.05, 0.1) is 40.4 Å².